The molecule has 1 aromatic carbocycles. The molecule has 17 heavy (non-hydrogen) atoms. The molecule has 2 atom stereocenters. The van der Waals surface area contributed by atoms with Crippen molar-refractivity contribution in [3.8, 4) is 0 Å². The molecule has 0 saturated heterocycles. The van der Waals surface area contributed by atoms with Gasteiger partial charge in [0.25, 0.3) is 0 Å². The first-order chi connectivity index (χ1) is 8.04. The molecule has 1 rings (SSSR count). The third-order valence-electron chi connectivity index (χ3n) is 2.93. The minimum Gasteiger partial charge on any atom is -0.369 e. The van der Waals surface area contributed by atoms with E-state index in [-0.39, 0.29) is 12.2 Å². The van der Waals surface area contributed by atoms with Crippen molar-refractivity contribution in [3.63, 3.8) is 0 Å². The molecule has 2 unspecified atom stereocenters. The molecule has 0 saturated carbocycles. The highest BCUT2D eigenvalue weighted by molar-refractivity contribution is 9.10. The van der Waals surface area contributed by atoms with Crippen LogP contribution in [0.4, 0.5) is 0 Å². The molecule has 0 aromatic heterocycles. The summed E-state index contributed by atoms with van der Waals surface area (Å²) in [6.07, 6.45) is 0.363. The third kappa shape index (κ3) is 4.78. The van der Waals surface area contributed by atoms with Gasteiger partial charge in [-0.3, -0.25) is 0 Å². The molecular formula is C14H22BrNO. The van der Waals surface area contributed by atoms with Gasteiger partial charge in [-0.15, -0.1) is 0 Å². The standard InChI is InChI=1S/C14H22BrNO/c1-10(2)11(3)17-14(9-16-4)12-6-5-7-13(15)8-12/h5-8,10-11,14,16H,9H2,1-4H3. The monoisotopic (exact) mass is 299 g/mol. The van der Waals surface area contributed by atoms with Gasteiger partial charge >= 0.3 is 0 Å². The zero-order valence-corrected chi connectivity index (χ0v) is 12.6. The normalized spacial score (nSPS) is 14.9. The number of benzene rings is 1. The first-order valence-electron chi connectivity index (χ1n) is 6.10. The van der Waals surface area contributed by atoms with Crippen LogP contribution in [0.15, 0.2) is 28.7 Å². The molecule has 0 amide bonds. The highest BCUT2D eigenvalue weighted by Crippen LogP contribution is 2.23. The Morgan fingerprint density at radius 3 is 2.53 bits per heavy atom. The lowest BCUT2D eigenvalue weighted by molar-refractivity contribution is -0.0251. The smallest absolute Gasteiger partial charge is 0.0953 e. The Hall–Kier alpha value is -0.380. The van der Waals surface area contributed by atoms with Crippen molar-refractivity contribution in [3.05, 3.63) is 34.3 Å². The van der Waals surface area contributed by atoms with Crippen LogP contribution in [0.25, 0.3) is 0 Å². The average Bonchev–Trinajstić information content (AvgIpc) is 2.28. The second-order valence-corrected chi connectivity index (χ2v) is 5.60. The molecular weight excluding hydrogens is 278 g/mol. The van der Waals surface area contributed by atoms with Crippen LogP contribution in [0.2, 0.25) is 0 Å². The van der Waals surface area contributed by atoms with Crippen molar-refractivity contribution >= 4 is 15.9 Å². The molecule has 96 valence electrons. The lowest BCUT2D eigenvalue weighted by Gasteiger charge is -2.25. The molecule has 0 aliphatic carbocycles. The number of hydrogen-bond donors (Lipinski definition) is 1. The second kappa shape index (κ2) is 7.14. The van der Waals surface area contributed by atoms with Crippen LogP contribution in [0.3, 0.4) is 0 Å². The van der Waals surface area contributed by atoms with E-state index in [9.17, 15) is 0 Å². The summed E-state index contributed by atoms with van der Waals surface area (Å²) in [5.41, 5.74) is 1.21. The van der Waals surface area contributed by atoms with Gasteiger partial charge in [-0.25, -0.2) is 0 Å². The fourth-order valence-electron chi connectivity index (χ4n) is 1.55. The van der Waals surface area contributed by atoms with E-state index >= 15 is 0 Å². The Bertz CT molecular complexity index is 341. The second-order valence-electron chi connectivity index (χ2n) is 4.69. The predicted octanol–water partition coefficient (Wildman–Crippen LogP) is 3.77. The quantitative estimate of drug-likeness (QED) is 0.863. The summed E-state index contributed by atoms with van der Waals surface area (Å²) in [7, 11) is 1.95. The Morgan fingerprint density at radius 2 is 2.00 bits per heavy atom. The number of ether oxygens (including phenoxy) is 1. The van der Waals surface area contributed by atoms with Crippen molar-refractivity contribution in [2.45, 2.75) is 33.0 Å². The summed E-state index contributed by atoms with van der Waals surface area (Å²) < 4.78 is 7.20. The number of hydrogen-bond acceptors (Lipinski definition) is 2. The molecule has 0 aliphatic heterocycles. The summed E-state index contributed by atoms with van der Waals surface area (Å²) in [5, 5.41) is 3.19. The number of halogens is 1. The van der Waals surface area contributed by atoms with E-state index in [2.05, 4.69) is 54.2 Å². The van der Waals surface area contributed by atoms with E-state index in [0.717, 1.165) is 11.0 Å². The van der Waals surface area contributed by atoms with E-state index in [4.69, 9.17) is 4.74 Å². The Balaban J connectivity index is 2.78. The van der Waals surface area contributed by atoms with Gasteiger partial charge in [-0.2, -0.15) is 0 Å². The van der Waals surface area contributed by atoms with E-state index in [1.165, 1.54) is 5.56 Å². The van der Waals surface area contributed by atoms with Crippen LogP contribution < -0.4 is 5.32 Å². The summed E-state index contributed by atoms with van der Waals surface area (Å²) >= 11 is 3.50. The van der Waals surface area contributed by atoms with Gasteiger partial charge in [0.2, 0.25) is 0 Å². The minimum atomic E-state index is 0.106. The van der Waals surface area contributed by atoms with Crippen molar-refractivity contribution in [1.29, 1.82) is 0 Å². The topological polar surface area (TPSA) is 21.3 Å². The van der Waals surface area contributed by atoms with Crippen LogP contribution in [-0.4, -0.2) is 19.7 Å². The number of likely N-dealkylation sites (N-methyl/N-ethyl adjacent to an activating group) is 1. The predicted molar refractivity (Wildman–Crippen MR) is 76.2 cm³/mol. The van der Waals surface area contributed by atoms with Gasteiger partial charge in [-0.05, 0) is 37.6 Å². The number of nitrogens with one attached hydrogen (secondary N) is 1. The van der Waals surface area contributed by atoms with Crippen molar-refractivity contribution in [2.24, 2.45) is 5.92 Å². The lowest BCUT2D eigenvalue weighted by Crippen LogP contribution is -2.26. The van der Waals surface area contributed by atoms with Gasteiger partial charge in [0.05, 0.1) is 12.2 Å². The van der Waals surface area contributed by atoms with E-state index < -0.39 is 0 Å². The fraction of sp³-hybridized carbons (Fsp3) is 0.571. The van der Waals surface area contributed by atoms with Gasteiger partial charge in [0, 0.05) is 11.0 Å². The van der Waals surface area contributed by atoms with Gasteiger partial charge in [0.1, 0.15) is 0 Å². The Labute approximate surface area is 113 Å². The van der Waals surface area contributed by atoms with Crippen LogP contribution in [0.5, 0.6) is 0 Å². The lowest BCUT2D eigenvalue weighted by atomic mass is 10.1. The molecule has 1 N–H and O–H groups in total. The van der Waals surface area contributed by atoms with E-state index in [1.54, 1.807) is 0 Å². The van der Waals surface area contributed by atoms with Gasteiger partial charge < -0.3 is 10.1 Å². The van der Waals surface area contributed by atoms with Crippen molar-refractivity contribution in [1.82, 2.24) is 5.32 Å². The maximum Gasteiger partial charge on any atom is 0.0953 e. The molecule has 1 aromatic rings. The fourth-order valence-corrected chi connectivity index (χ4v) is 1.97. The van der Waals surface area contributed by atoms with Crippen molar-refractivity contribution in [2.75, 3.05) is 13.6 Å². The molecule has 0 fully saturated rings. The summed E-state index contributed by atoms with van der Waals surface area (Å²) in [5.74, 6) is 0.529. The maximum absolute atomic E-state index is 6.11. The zero-order valence-electron chi connectivity index (χ0n) is 11.0. The Kier molecular flexibility index (Phi) is 6.17. The molecule has 2 nitrogen and oxygen atoms in total. The molecule has 0 bridgehead atoms. The summed E-state index contributed by atoms with van der Waals surface area (Å²) in [4.78, 5) is 0. The van der Waals surface area contributed by atoms with E-state index in [1.807, 2.05) is 19.2 Å². The van der Waals surface area contributed by atoms with Crippen molar-refractivity contribution < 1.29 is 4.74 Å². The highest BCUT2D eigenvalue weighted by Gasteiger charge is 2.17. The molecule has 0 radical (unpaired) electrons. The first-order valence-corrected chi connectivity index (χ1v) is 6.89. The SMILES string of the molecule is CNCC(OC(C)C(C)C)c1cccc(Br)c1. The maximum atomic E-state index is 6.11. The van der Waals surface area contributed by atoms with Crippen LogP contribution >= 0.6 is 15.9 Å². The van der Waals surface area contributed by atoms with Crippen LogP contribution in [0, 0.1) is 5.92 Å². The highest BCUT2D eigenvalue weighted by atomic mass is 79.9. The van der Waals surface area contributed by atoms with Crippen LogP contribution in [0.1, 0.15) is 32.4 Å². The summed E-state index contributed by atoms with van der Waals surface area (Å²) in [6.45, 7) is 7.32. The summed E-state index contributed by atoms with van der Waals surface area (Å²) in [6, 6.07) is 8.31. The van der Waals surface area contributed by atoms with Gasteiger partial charge in [-0.1, -0.05) is 41.9 Å². The van der Waals surface area contributed by atoms with Crippen LogP contribution in [-0.2, 0) is 4.74 Å². The molecule has 0 aliphatic rings. The molecule has 0 heterocycles. The van der Waals surface area contributed by atoms with E-state index in [0.29, 0.717) is 5.92 Å². The Morgan fingerprint density at radius 1 is 1.29 bits per heavy atom. The first kappa shape index (κ1) is 14.7. The largest absolute Gasteiger partial charge is 0.369 e. The van der Waals surface area contributed by atoms with Gasteiger partial charge in [0.15, 0.2) is 0 Å². The number of rotatable bonds is 6. The average molecular weight is 300 g/mol. The third-order valence-corrected chi connectivity index (χ3v) is 3.42. The molecule has 3 heteroatoms. The minimum absolute atomic E-state index is 0.106. The zero-order chi connectivity index (χ0) is 12.8. The molecule has 0 spiro atoms.